The van der Waals surface area contributed by atoms with Gasteiger partial charge in [0.1, 0.15) is 0 Å². The van der Waals surface area contributed by atoms with Crippen molar-refractivity contribution >= 4 is 5.52 Å². The van der Waals surface area contributed by atoms with Gasteiger partial charge in [0.2, 0.25) is 0 Å². The summed E-state index contributed by atoms with van der Waals surface area (Å²) in [6.45, 7) is 2.20. The first-order valence-corrected chi connectivity index (χ1v) is 5.09. The molecule has 0 amide bonds. The summed E-state index contributed by atoms with van der Waals surface area (Å²) in [5.41, 5.74) is 2.68. The first-order valence-electron chi connectivity index (χ1n) is 5.09. The second-order valence-corrected chi connectivity index (χ2v) is 3.51. The number of pyridine rings is 1. The number of aromatic nitrogens is 1. The molecule has 0 bridgehead atoms. The Bertz CT molecular complexity index is 413. The number of hydrogen-bond donors (Lipinski definition) is 1. The van der Waals surface area contributed by atoms with Crippen LogP contribution in [0.5, 0.6) is 0 Å². The molecule has 0 saturated heterocycles. The third kappa shape index (κ3) is 1.42. The van der Waals surface area contributed by atoms with Crippen LogP contribution in [0.4, 0.5) is 0 Å². The smallest absolute Gasteiger partial charge is 0.0497 e. The molecule has 0 radical (unpaired) electrons. The summed E-state index contributed by atoms with van der Waals surface area (Å²) in [6, 6.07) is 8.95. The normalized spacial score (nSPS) is 13.3. The van der Waals surface area contributed by atoms with Gasteiger partial charge in [0.05, 0.1) is 0 Å². The number of nitrogens with zero attached hydrogens (tertiary/aromatic N) is 1. The van der Waals surface area contributed by atoms with Gasteiger partial charge < -0.3 is 9.72 Å². The maximum atomic E-state index is 3.33. The number of fused-ring (bicyclic) bond motifs is 1. The van der Waals surface area contributed by atoms with Crippen LogP contribution in [0.3, 0.4) is 0 Å². The van der Waals surface area contributed by atoms with Gasteiger partial charge in [0.25, 0.3) is 0 Å². The summed E-state index contributed by atoms with van der Waals surface area (Å²) in [4.78, 5) is 0. The maximum absolute atomic E-state index is 3.33. The van der Waals surface area contributed by atoms with E-state index in [1.807, 2.05) is 7.05 Å². The van der Waals surface area contributed by atoms with Crippen molar-refractivity contribution in [2.75, 3.05) is 7.05 Å². The predicted molar refractivity (Wildman–Crippen MR) is 59.5 cm³/mol. The van der Waals surface area contributed by atoms with Gasteiger partial charge >= 0.3 is 0 Å². The molecule has 2 heterocycles. The van der Waals surface area contributed by atoms with Gasteiger partial charge in [-0.25, -0.2) is 0 Å². The van der Waals surface area contributed by atoms with Crippen molar-refractivity contribution in [3.8, 4) is 0 Å². The topological polar surface area (TPSA) is 16.4 Å². The summed E-state index contributed by atoms with van der Waals surface area (Å²) in [5.74, 6) is 0. The second-order valence-electron chi connectivity index (χ2n) is 3.51. The third-order valence-electron chi connectivity index (χ3n) is 2.73. The molecule has 14 heavy (non-hydrogen) atoms. The van der Waals surface area contributed by atoms with Crippen molar-refractivity contribution in [2.45, 2.75) is 19.4 Å². The van der Waals surface area contributed by atoms with E-state index in [2.05, 4.69) is 53.3 Å². The molecule has 0 fully saturated rings. The fourth-order valence-electron chi connectivity index (χ4n) is 1.95. The molecule has 0 aliphatic carbocycles. The molecule has 74 valence electrons. The number of rotatable bonds is 3. The predicted octanol–water partition coefficient (Wildman–Crippen LogP) is 2.61. The van der Waals surface area contributed by atoms with Crippen LogP contribution in [0.2, 0.25) is 0 Å². The summed E-state index contributed by atoms with van der Waals surface area (Å²) < 4.78 is 2.16. The van der Waals surface area contributed by atoms with Crippen LogP contribution in [-0.2, 0) is 0 Å². The Labute approximate surface area is 84.6 Å². The molecule has 0 aromatic carbocycles. The molecule has 2 heteroatoms. The van der Waals surface area contributed by atoms with Gasteiger partial charge in [-0.15, -0.1) is 0 Å². The van der Waals surface area contributed by atoms with E-state index in [4.69, 9.17) is 0 Å². The van der Waals surface area contributed by atoms with Crippen LogP contribution < -0.4 is 5.32 Å². The minimum absolute atomic E-state index is 0.461. The number of hydrogen-bond acceptors (Lipinski definition) is 1. The van der Waals surface area contributed by atoms with Gasteiger partial charge in [-0.2, -0.15) is 0 Å². The third-order valence-corrected chi connectivity index (χ3v) is 2.73. The minimum Gasteiger partial charge on any atom is -0.324 e. The molecule has 0 spiro atoms. The van der Waals surface area contributed by atoms with Crippen molar-refractivity contribution in [2.24, 2.45) is 0 Å². The quantitative estimate of drug-likeness (QED) is 0.783. The van der Waals surface area contributed by atoms with Gasteiger partial charge in [-0.05, 0) is 37.2 Å². The van der Waals surface area contributed by atoms with Crippen LogP contribution in [0.15, 0.2) is 36.7 Å². The molecule has 0 aliphatic rings. The van der Waals surface area contributed by atoms with E-state index in [-0.39, 0.29) is 0 Å². The van der Waals surface area contributed by atoms with E-state index in [0.29, 0.717) is 6.04 Å². The van der Waals surface area contributed by atoms with E-state index >= 15 is 0 Å². The van der Waals surface area contributed by atoms with Crippen LogP contribution in [0, 0.1) is 0 Å². The zero-order chi connectivity index (χ0) is 9.97. The van der Waals surface area contributed by atoms with E-state index in [0.717, 1.165) is 6.42 Å². The van der Waals surface area contributed by atoms with Crippen LogP contribution in [0.1, 0.15) is 24.9 Å². The lowest BCUT2D eigenvalue weighted by Crippen LogP contribution is -2.14. The average Bonchev–Trinajstić information content (AvgIpc) is 2.65. The molecule has 1 unspecified atom stereocenters. The van der Waals surface area contributed by atoms with Gasteiger partial charge in [-0.3, -0.25) is 0 Å². The SMILES string of the molecule is CCC(NC)c1ccn2ccccc12. The molecule has 2 nitrogen and oxygen atoms in total. The lowest BCUT2D eigenvalue weighted by Gasteiger charge is -2.12. The molecule has 2 rings (SSSR count). The lowest BCUT2D eigenvalue weighted by atomic mass is 10.1. The van der Waals surface area contributed by atoms with E-state index < -0.39 is 0 Å². The highest BCUT2D eigenvalue weighted by molar-refractivity contribution is 5.56. The average molecular weight is 188 g/mol. The highest BCUT2D eigenvalue weighted by Crippen LogP contribution is 2.22. The molecule has 0 saturated carbocycles. The Morgan fingerprint density at radius 1 is 1.29 bits per heavy atom. The molecular weight excluding hydrogens is 172 g/mol. The zero-order valence-corrected chi connectivity index (χ0v) is 8.70. The fourth-order valence-corrected chi connectivity index (χ4v) is 1.95. The molecule has 2 aromatic heterocycles. The Balaban J connectivity index is 2.51. The Morgan fingerprint density at radius 2 is 2.14 bits per heavy atom. The maximum Gasteiger partial charge on any atom is 0.0497 e. The van der Waals surface area contributed by atoms with E-state index in [1.165, 1.54) is 11.1 Å². The standard InChI is InChI=1S/C12H16N2/c1-3-11(13-2)10-7-9-14-8-5-4-6-12(10)14/h4-9,11,13H,3H2,1-2H3. The van der Waals surface area contributed by atoms with E-state index in [9.17, 15) is 0 Å². The van der Waals surface area contributed by atoms with Crippen molar-refractivity contribution in [3.63, 3.8) is 0 Å². The van der Waals surface area contributed by atoms with Crippen molar-refractivity contribution in [1.82, 2.24) is 9.72 Å². The molecule has 2 aromatic rings. The molecule has 0 aliphatic heterocycles. The summed E-state index contributed by atoms with van der Waals surface area (Å²) >= 11 is 0. The minimum atomic E-state index is 0.461. The monoisotopic (exact) mass is 188 g/mol. The molecular formula is C12H16N2. The molecule has 1 atom stereocenters. The first kappa shape index (κ1) is 9.28. The van der Waals surface area contributed by atoms with Gasteiger partial charge in [0, 0.05) is 24.0 Å². The van der Waals surface area contributed by atoms with Crippen LogP contribution in [0.25, 0.3) is 5.52 Å². The lowest BCUT2D eigenvalue weighted by molar-refractivity contribution is 0.581. The van der Waals surface area contributed by atoms with Crippen molar-refractivity contribution in [3.05, 3.63) is 42.2 Å². The molecule has 1 N–H and O–H groups in total. The Kier molecular flexibility index (Phi) is 2.55. The fraction of sp³-hybridized carbons (Fsp3) is 0.333. The summed E-state index contributed by atoms with van der Waals surface area (Å²) in [6.07, 6.45) is 5.32. The second kappa shape index (κ2) is 3.84. The van der Waals surface area contributed by atoms with E-state index in [1.54, 1.807) is 0 Å². The number of nitrogens with one attached hydrogen (secondary N) is 1. The van der Waals surface area contributed by atoms with Gasteiger partial charge in [0.15, 0.2) is 0 Å². The van der Waals surface area contributed by atoms with Crippen LogP contribution >= 0.6 is 0 Å². The largest absolute Gasteiger partial charge is 0.324 e. The Morgan fingerprint density at radius 3 is 2.86 bits per heavy atom. The van der Waals surface area contributed by atoms with Crippen molar-refractivity contribution in [1.29, 1.82) is 0 Å². The summed E-state index contributed by atoms with van der Waals surface area (Å²) in [7, 11) is 2.01. The first-order chi connectivity index (χ1) is 6.86. The zero-order valence-electron chi connectivity index (χ0n) is 8.70. The van der Waals surface area contributed by atoms with Crippen molar-refractivity contribution < 1.29 is 0 Å². The van der Waals surface area contributed by atoms with Gasteiger partial charge in [-0.1, -0.05) is 13.0 Å². The Hall–Kier alpha value is -1.28. The van der Waals surface area contributed by atoms with Crippen LogP contribution in [-0.4, -0.2) is 11.4 Å². The summed E-state index contributed by atoms with van der Waals surface area (Å²) in [5, 5.41) is 3.33. The highest BCUT2D eigenvalue weighted by Gasteiger charge is 2.10. The highest BCUT2D eigenvalue weighted by atomic mass is 14.9.